The highest BCUT2D eigenvalue weighted by Crippen LogP contribution is 2.11. The number of halogens is 1. The Hall–Kier alpha value is -0.480. The number of hydrogen-bond acceptors (Lipinski definition) is 3. The van der Waals surface area contributed by atoms with Crippen molar-refractivity contribution in [1.82, 2.24) is 10.3 Å². The van der Waals surface area contributed by atoms with E-state index in [2.05, 4.69) is 10.3 Å². The van der Waals surface area contributed by atoms with Gasteiger partial charge in [0.25, 0.3) is 0 Å². The predicted octanol–water partition coefficient (Wildman–Crippen LogP) is 2.72. The van der Waals surface area contributed by atoms with Crippen LogP contribution in [0.5, 0.6) is 0 Å². The van der Waals surface area contributed by atoms with Crippen molar-refractivity contribution in [2.24, 2.45) is 0 Å². The normalized spacial score (nSPS) is 14.2. The molecule has 0 aliphatic rings. The average Bonchev–Trinajstić information content (AvgIpc) is 2.47. The van der Waals surface area contributed by atoms with Crippen molar-refractivity contribution in [3.05, 3.63) is 16.1 Å². The Kier molecular flexibility index (Phi) is 4.22. The molecule has 0 radical (unpaired) electrons. The van der Waals surface area contributed by atoms with E-state index in [1.807, 2.05) is 33.1 Å². The Balaban J connectivity index is 2.33. The molecule has 0 spiro atoms. The number of thiazole rings is 1. The van der Waals surface area contributed by atoms with Crippen LogP contribution in [0.25, 0.3) is 0 Å². The number of nitrogens with zero attached hydrogens (tertiary/aromatic N) is 1. The minimum absolute atomic E-state index is 0.0255. The zero-order valence-corrected chi connectivity index (χ0v) is 10.6. The summed E-state index contributed by atoms with van der Waals surface area (Å²) in [7, 11) is 0. The SMILES string of the molecule is Cc1nc(CC(F)CNC(C)(C)C)cs1. The van der Waals surface area contributed by atoms with Gasteiger partial charge in [0, 0.05) is 23.9 Å². The Morgan fingerprint density at radius 2 is 2.20 bits per heavy atom. The van der Waals surface area contributed by atoms with E-state index in [1.165, 1.54) is 0 Å². The highest BCUT2D eigenvalue weighted by atomic mass is 32.1. The number of rotatable bonds is 4. The second kappa shape index (κ2) is 5.03. The molecular weight excluding hydrogens is 211 g/mol. The smallest absolute Gasteiger partial charge is 0.118 e. The van der Waals surface area contributed by atoms with Gasteiger partial charge in [-0.1, -0.05) is 0 Å². The first-order chi connectivity index (χ1) is 6.87. The highest BCUT2D eigenvalue weighted by molar-refractivity contribution is 7.09. The van der Waals surface area contributed by atoms with Crippen molar-refractivity contribution in [2.75, 3.05) is 6.54 Å². The molecule has 2 nitrogen and oxygen atoms in total. The lowest BCUT2D eigenvalue weighted by Gasteiger charge is -2.21. The van der Waals surface area contributed by atoms with Crippen molar-refractivity contribution in [2.45, 2.75) is 45.8 Å². The number of aromatic nitrogens is 1. The Labute approximate surface area is 94.9 Å². The molecule has 0 bridgehead atoms. The van der Waals surface area contributed by atoms with Crippen LogP contribution in [0.1, 0.15) is 31.5 Å². The van der Waals surface area contributed by atoms with Gasteiger partial charge >= 0.3 is 0 Å². The first-order valence-corrected chi connectivity index (χ1v) is 6.05. The van der Waals surface area contributed by atoms with Crippen molar-refractivity contribution in [1.29, 1.82) is 0 Å². The van der Waals surface area contributed by atoms with Crippen LogP contribution in [-0.2, 0) is 6.42 Å². The van der Waals surface area contributed by atoms with E-state index in [1.54, 1.807) is 11.3 Å². The van der Waals surface area contributed by atoms with Gasteiger partial charge in [-0.3, -0.25) is 0 Å². The van der Waals surface area contributed by atoms with Gasteiger partial charge in [-0.15, -0.1) is 11.3 Å². The van der Waals surface area contributed by atoms with E-state index in [0.29, 0.717) is 13.0 Å². The fourth-order valence-electron chi connectivity index (χ4n) is 1.22. The van der Waals surface area contributed by atoms with Crippen LogP contribution in [0.4, 0.5) is 4.39 Å². The van der Waals surface area contributed by atoms with Crippen LogP contribution < -0.4 is 5.32 Å². The molecule has 15 heavy (non-hydrogen) atoms. The largest absolute Gasteiger partial charge is 0.309 e. The summed E-state index contributed by atoms with van der Waals surface area (Å²) >= 11 is 1.57. The summed E-state index contributed by atoms with van der Waals surface area (Å²) in [5, 5.41) is 6.08. The van der Waals surface area contributed by atoms with Gasteiger partial charge in [0.1, 0.15) is 6.17 Å². The van der Waals surface area contributed by atoms with E-state index in [-0.39, 0.29) is 5.54 Å². The molecular formula is C11H19FN2S. The zero-order chi connectivity index (χ0) is 11.5. The second-order valence-corrected chi connectivity index (χ2v) is 5.85. The summed E-state index contributed by atoms with van der Waals surface area (Å²) < 4.78 is 13.5. The summed E-state index contributed by atoms with van der Waals surface area (Å²) in [6, 6.07) is 0. The first-order valence-electron chi connectivity index (χ1n) is 5.17. The maximum atomic E-state index is 13.5. The minimum Gasteiger partial charge on any atom is -0.309 e. The summed E-state index contributed by atoms with van der Waals surface area (Å²) in [5.41, 5.74) is 0.836. The van der Waals surface area contributed by atoms with Crippen LogP contribution in [0, 0.1) is 6.92 Å². The molecule has 4 heteroatoms. The fraction of sp³-hybridized carbons (Fsp3) is 0.727. The van der Waals surface area contributed by atoms with Crippen molar-refractivity contribution in [3.63, 3.8) is 0 Å². The summed E-state index contributed by atoms with van der Waals surface area (Å²) in [6.45, 7) is 8.43. The molecule has 0 amide bonds. The first kappa shape index (κ1) is 12.6. The highest BCUT2D eigenvalue weighted by Gasteiger charge is 2.14. The molecule has 0 aliphatic carbocycles. The lowest BCUT2D eigenvalue weighted by Crippen LogP contribution is -2.40. The topological polar surface area (TPSA) is 24.9 Å². The van der Waals surface area contributed by atoms with E-state index in [4.69, 9.17) is 0 Å². The molecule has 1 rings (SSSR count). The molecule has 0 saturated heterocycles. The van der Waals surface area contributed by atoms with Crippen LogP contribution >= 0.6 is 11.3 Å². The van der Waals surface area contributed by atoms with Crippen LogP contribution in [-0.4, -0.2) is 23.2 Å². The summed E-state index contributed by atoms with van der Waals surface area (Å²) in [6.07, 6.45) is -0.446. The van der Waals surface area contributed by atoms with Gasteiger partial charge in [-0.25, -0.2) is 9.37 Å². The molecule has 0 saturated carbocycles. The van der Waals surface area contributed by atoms with Crippen molar-refractivity contribution < 1.29 is 4.39 Å². The monoisotopic (exact) mass is 230 g/mol. The van der Waals surface area contributed by atoms with Crippen molar-refractivity contribution >= 4 is 11.3 Å². The van der Waals surface area contributed by atoms with Gasteiger partial charge in [0.15, 0.2) is 0 Å². The molecule has 86 valence electrons. The minimum atomic E-state index is -0.856. The molecule has 1 unspecified atom stereocenters. The van der Waals surface area contributed by atoms with Gasteiger partial charge in [-0.2, -0.15) is 0 Å². The predicted molar refractivity (Wildman–Crippen MR) is 63.2 cm³/mol. The van der Waals surface area contributed by atoms with Crippen LogP contribution in [0.15, 0.2) is 5.38 Å². The molecule has 0 aromatic carbocycles. The van der Waals surface area contributed by atoms with E-state index < -0.39 is 6.17 Å². The summed E-state index contributed by atoms with van der Waals surface area (Å²) in [4.78, 5) is 4.25. The zero-order valence-electron chi connectivity index (χ0n) is 9.80. The third-order valence-corrected chi connectivity index (χ3v) is 2.77. The fourth-order valence-corrected chi connectivity index (χ4v) is 1.84. The third-order valence-electron chi connectivity index (χ3n) is 1.95. The van der Waals surface area contributed by atoms with Gasteiger partial charge in [0.05, 0.1) is 10.7 Å². The third kappa shape index (κ3) is 5.23. The molecule has 1 aromatic heterocycles. The standard InChI is InChI=1S/C11H19FN2S/c1-8-14-10(7-15-8)5-9(12)6-13-11(2,3)4/h7,9,13H,5-6H2,1-4H3. The number of aryl methyl sites for hydroxylation is 1. The number of hydrogen-bond donors (Lipinski definition) is 1. The van der Waals surface area contributed by atoms with E-state index in [9.17, 15) is 4.39 Å². The Bertz CT molecular complexity index is 304. The molecule has 0 aliphatic heterocycles. The summed E-state index contributed by atoms with van der Waals surface area (Å²) in [5.74, 6) is 0. The van der Waals surface area contributed by atoms with Gasteiger partial charge in [0.2, 0.25) is 0 Å². The Morgan fingerprint density at radius 1 is 1.53 bits per heavy atom. The maximum absolute atomic E-state index is 13.5. The van der Waals surface area contributed by atoms with Gasteiger partial charge < -0.3 is 5.32 Å². The number of alkyl halides is 1. The van der Waals surface area contributed by atoms with Crippen LogP contribution in [0.2, 0.25) is 0 Å². The van der Waals surface area contributed by atoms with Crippen LogP contribution in [0.3, 0.4) is 0 Å². The van der Waals surface area contributed by atoms with E-state index >= 15 is 0 Å². The Morgan fingerprint density at radius 3 is 2.67 bits per heavy atom. The van der Waals surface area contributed by atoms with E-state index in [0.717, 1.165) is 10.7 Å². The number of nitrogens with one attached hydrogen (secondary N) is 1. The lowest BCUT2D eigenvalue weighted by molar-refractivity contribution is 0.283. The molecule has 1 heterocycles. The molecule has 1 atom stereocenters. The molecule has 1 aromatic rings. The van der Waals surface area contributed by atoms with Gasteiger partial charge in [-0.05, 0) is 27.7 Å². The quantitative estimate of drug-likeness (QED) is 0.860. The molecule has 1 N–H and O–H groups in total. The lowest BCUT2D eigenvalue weighted by atomic mass is 10.1. The maximum Gasteiger partial charge on any atom is 0.118 e. The van der Waals surface area contributed by atoms with Crippen molar-refractivity contribution in [3.8, 4) is 0 Å². The average molecular weight is 230 g/mol. The second-order valence-electron chi connectivity index (χ2n) is 4.79. The molecule has 0 fully saturated rings.